The number of carbonyl (C=O) groups is 2. The van der Waals surface area contributed by atoms with Crippen molar-refractivity contribution in [3.05, 3.63) is 89.7 Å². The highest BCUT2D eigenvalue weighted by Crippen LogP contribution is 2.34. The molecule has 1 saturated heterocycles. The van der Waals surface area contributed by atoms with Crippen LogP contribution in [0.25, 0.3) is 17.1 Å². The maximum absolute atomic E-state index is 12.8. The van der Waals surface area contributed by atoms with Gasteiger partial charge in [-0.1, -0.05) is 55.9 Å². The van der Waals surface area contributed by atoms with Crippen molar-refractivity contribution in [3.63, 3.8) is 0 Å². The molecule has 1 aromatic heterocycles. The molecule has 0 spiro atoms. The number of urea groups is 1. The predicted molar refractivity (Wildman–Crippen MR) is 158 cm³/mol. The first kappa shape index (κ1) is 29.8. The third-order valence-electron chi connectivity index (χ3n) is 6.47. The van der Waals surface area contributed by atoms with Gasteiger partial charge in [-0.05, 0) is 65.9 Å². The molecular formula is C30H27F3N6O3S. The first-order valence-corrected chi connectivity index (χ1v) is 14.3. The Kier molecular flexibility index (Phi) is 8.53. The first-order valence-electron chi connectivity index (χ1n) is 13.3. The van der Waals surface area contributed by atoms with Gasteiger partial charge in [0.15, 0.2) is 11.0 Å². The van der Waals surface area contributed by atoms with Crippen LogP contribution in [0, 0.1) is 6.92 Å². The quantitative estimate of drug-likeness (QED) is 0.253. The summed E-state index contributed by atoms with van der Waals surface area (Å²) in [6.07, 6.45) is -3.32. The van der Waals surface area contributed by atoms with Gasteiger partial charge in [0, 0.05) is 12.1 Å². The number of alkyl halides is 3. The molecule has 5 rings (SSSR count). The van der Waals surface area contributed by atoms with Crippen LogP contribution >= 0.6 is 11.8 Å². The summed E-state index contributed by atoms with van der Waals surface area (Å²) < 4.78 is 42.6. The second-order valence-corrected chi connectivity index (χ2v) is 11.0. The average molecular weight is 609 g/mol. The fraction of sp³-hybridized carbons (Fsp3) is 0.233. The lowest BCUT2D eigenvalue weighted by Gasteiger charge is -2.22. The molecule has 0 atom stereocenters. The molecule has 222 valence electrons. The normalized spacial score (nSPS) is 14.5. The lowest BCUT2D eigenvalue weighted by Crippen LogP contribution is -2.32. The molecule has 1 N–H and O–H groups in total. The molecule has 0 aliphatic carbocycles. The molecule has 0 radical (unpaired) electrons. The topological polar surface area (TPSA) is 102 Å². The molecule has 13 heteroatoms. The number of aliphatic imine (C=N–C) groups is 1. The Bertz CT molecular complexity index is 1690. The number of rotatable bonds is 7. The fourth-order valence-electron chi connectivity index (χ4n) is 4.46. The van der Waals surface area contributed by atoms with Crippen molar-refractivity contribution in [3.8, 4) is 22.8 Å². The van der Waals surface area contributed by atoms with Crippen LogP contribution < -0.4 is 15.0 Å². The number of amidine groups is 1. The fourth-order valence-corrected chi connectivity index (χ4v) is 5.32. The average Bonchev–Trinajstić information content (AvgIpc) is 3.58. The first-order chi connectivity index (χ1) is 20.5. The monoisotopic (exact) mass is 608 g/mol. The van der Waals surface area contributed by atoms with E-state index in [2.05, 4.69) is 25.1 Å². The summed E-state index contributed by atoms with van der Waals surface area (Å²) >= 11 is 1.22. The highest BCUT2D eigenvalue weighted by Gasteiger charge is 2.33. The third-order valence-corrected chi connectivity index (χ3v) is 7.39. The summed E-state index contributed by atoms with van der Waals surface area (Å²) in [6, 6.07) is 17.9. The van der Waals surface area contributed by atoms with Crippen molar-refractivity contribution in [1.82, 2.24) is 20.1 Å². The van der Waals surface area contributed by atoms with E-state index in [1.54, 1.807) is 12.1 Å². The Balaban J connectivity index is 1.26. The molecule has 2 heterocycles. The number of hydrogen-bond donors (Lipinski definition) is 1. The van der Waals surface area contributed by atoms with Gasteiger partial charge in [0.05, 0.1) is 17.1 Å². The molecule has 3 aromatic carbocycles. The number of nitrogens with zero attached hydrogens (tertiary/aromatic N) is 5. The van der Waals surface area contributed by atoms with Crippen LogP contribution in [0.2, 0.25) is 0 Å². The van der Waals surface area contributed by atoms with E-state index in [9.17, 15) is 22.8 Å². The van der Waals surface area contributed by atoms with Crippen LogP contribution in [-0.4, -0.2) is 44.0 Å². The number of carbonyl (C=O) groups excluding carboxylic acids is 2. The summed E-state index contributed by atoms with van der Waals surface area (Å²) in [5.41, 5.74) is 4.68. The highest BCUT2D eigenvalue weighted by atomic mass is 32.2. The lowest BCUT2D eigenvalue weighted by atomic mass is 9.99. The second-order valence-electron chi connectivity index (χ2n) is 10.0. The van der Waals surface area contributed by atoms with Crippen LogP contribution in [0.1, 0.15) is 36.5 Å². The minimum atomic E-state index is -4.77. The molecule has 0 unspecified atom stereocenters. The molecule has 0 saturated carbocycles. The van der Waals surface area contributed by atoms with Gasteiger partial charge in [-0.25, -0.2) is 14.5 Å². The van der Waals surface area contributed by atoms with E-state index < -0.39 is 12.4 Å². The maximum Gasteiger partial charge on any atom is 0.573 e. The van der Waals surface area contributed by atoms with Crippen molar-refractivity contribution >= 4 is 34.6 Å². The number of hydrogen-bond acceptors (Lipinski definition) is 6. The number of anilines is 1. The molecular weight excluding hydrogens is 581 g/mol. The predicted octanol–water partition coefficient (Wildman–Crippen LogP) is 6.61. The van der Waals surface area contributed by atoms with E-state index >= 15 is 0 Å². The molecule has 1 aliphatic rings. The molecule has 4 aromatic rings. The zero-order valence-electron chi connectivity index (χ0n) is 23.4. The van der Waals surface area contributed by atoms with Crippen molar-refractivity contribution < 1.29 is 27.5 Å². The summed E-state index contributed by atoms with van der Waals surface area (Å²) in [5.74, 6) is 0.299. The third kappa shape index (κ3) is 7.23. The van der Waals surface area contributed by atoms with Gasteiger partial charge in [-0.2, -0.15) is 4.99 Å². The number of thioether (sulfide) groups is 1. The van der Waals surface area contributed by atoms with Gasteiger partial charge >= 0.3 is 12.4 Å². The molecule has 43 heavy (non-hydrogen) atoms. The van der Waals surface area contributed by atoms with Crippen molar-refractivity contribution in [1.29, 1.82) is 0 Å². The van der Waals surface area contributed by atoms with Gasteiger partial charge in [-0.3, -0.25) is 9.69 Å². The number of amides is 3. The number of aryl methyl sites for hydroxylation is 1. The number of aromatic nitrogens is 3. The number of nitrogens with one attached hydrogen (secondary N) is 1. The van der Waals surface area contributed by atoms with Crippen LogP contribution in [0.3, 0.4) is 0 Å². The zero-order chi connectivity index (χ0) is 30.7. The van der Waals surface area contributed by atoms with Crippen molar-refractivity contribution in [2.45, 2.75) is 39.6 Å². The van der Waals surface area contributed by atoms with Gasteiger partial charge < -0.3 is 10.1 Å². The Labute approximate surface area is 249 Å². The summed E-state index contributed by atoms with van der Waals surface area (Å²) in [4.78, 5) is 35.6. The number of ether oxygens (including phenoxy) is 1. The SMILES string of the molecule is Cc1ccc(C(C)C)c(N2C(=O)CS/C2=N\C(=O)NCc2cccc(-c3ncn(-c4ccc(OC(F)(F)F)cc4)n3)c2)c1. The van der Waals surface area contributed by atoms with E-state index in [-0.39, 0.29) is 29.9 Å². The smallest absolute Gasteiger partial charge is 0.406 e. The largest absolute Gasteiger partial charge is 0.573 e. The lowest BCUT2D eigenvalue weighted by molar-refractivity contribution is -0.274. The number of halogens is 3. The summed E-state index contributed by atoms with van der Waals surface area (Å²) in [6.45, 7) is 6.22. The molecule has 9 nitrogen and oxygen atoms in total. The van der Waals surface area contributed by atoms with E-state index in [1.165, 1.54) is 51.9 Å². The van der Waals surface area contributed by atoms with E-state index in [0.717, 1.165) is 22.4 Å². The Morgan fingerprint density at radius 2 is 1.88 bits per heavy atom. The van der Waals surface area contributed by atoms with Crippen LogP contribution in [-0.2, 0) is 11.3 Å². The Morgan fingerprint density at radius 1 is 1.12 bits per heavy atom. The molecule has 3 amide bonds. The van der Waals surface area contributed by atoms with Gasteiger partial charge in [0.25, 0.3) is 0 Å². The standard InChI is InChI=1S/C30H27F3N6O3S/c1-18(2)24-12-7-19(3)13-25(24)39-26(40)16-43-29(39)36-28(41)34-15-20-5-4-6-21(14-20)27-35-17-38(37-27)22-8-10-23(11-9-22)42-30(31,32)33/h4-14,17-18H,15-16H2,1-3H3,(H,34,41)/b36-29-. The van der Waals surface area contributed by atoms with Gasteiger partial charge in [0.2, 0.25) is 5.91 Å². The molecule has 1 fully saturated rings. The van der Waals surface area contributed by atoms with Gasteiger partial charge in [0.1, 0.15) is 12.1 Å². The minimum absolute atomic E-state index is 0.130. The minimum Gasteiger partial charge on any atom is -0.406 e. The Morgan fingerprint density at radius 3 is 2.60 bits per heavy atom. The zero-order valence-corrected chi connectivity index (χ0v) is 24.2. The highest BCUT2D eigenvalue weighted by molar-refractivity contribution is 8.15. The molecule has 1 aliphatic heterocycles. The van der Waals surface area contributed by atoms with Crippen LogP contribution in [0.5, 0.6) is 5.75 Å². The van der Waals surface area contributed by atoms with E-state index in [4.69, 9.17) is 0 Å². The van der Waals surface area contributed by atoms with Crippen LogP contribution in [0.15, 0.2) is 78.0 Å². The van der Waals surface area contributed by atoms with Crippen molar-refractivity contribution in [2.75, 3.05) is 10.7 Å². The summed E-state index contributed by atoms with van der Waals surface area (Å²) in [5, 5.41) is 7.53. The van der Waals surface area contributed by atoms with E-state index in [1.807, 2.05) is 51.1 Å². The van der Waals surface area contributed by atoms with Gasteiger partial charge in [-0.15, -0.1) is 18.3 Å². The maximum atomic E-state index is 12.8. The van der Waals surface area contributed by atoms with E-state index in [0.29, 0.717) is 22.2 Å². The van der Waals surface area contributed by atoms with Crippen molar-refractivity contribution in [2.24, 2.45) is 4.99 Å². The number of benzene rings is 3. The molecule has 0 bridgehead atoms. The second kappa shape index (κ2) is 12.3. The Hall–Kier alpha value is -4.65. The summed E-state index contributed by atoms with van der Waals surface area (Å²) in [7, 11) is 0. The van der Waals surface area contributed by atoms with Crippen LogP contribution in [0.4, 0.5) is 23.7 Å².